The molecular formula is C18H24N6O2. The van der Waals surface area contributed by atoms with Crippen LogP contribution in [0.15, 0.2) is 36.9 Å². The molecule has 3 amide bonds. The van der Waals surface area contributed by atoms with Crippen molar-refractivity contribution in [3.05, 3.63) is 42.5 Å². The first-order valence-electron chi connectivity index (χ1n) is 8.90. The van der Waals surface area contributed by atoms with Crippen molar-refractivity contribution in [2.45, 2.75) is 32.2 Å². The number of benzene rings is 1. The Hall–Kier alpha value is -2.90. The highest BCUT2D eigenvalue weighted by molar-refractivity contribution is 5.78. The van der Waals surface area contributed by atoms with Gasteiger partial charge in [0, 0.05) is 26.1 Å². The maximum absolute atomic E-state index is 12.0. The van der Waals surface area contributed by atoms with E-state index in [2.05, 4.69) is 20.7 Å². The molecule has 1 aromatic heterocycles. The number of amides is 3. The molecule has 3 rings (SSSR count). The first kappa shape index (κ1) is 17.9. The zero-order valence-electron chi connectivity index (χ0n) is 14.9. The predicted molar refractivity (Wildman–Crippen MR) is 96.7 cm³/mol. The lowest BCUT2D eigenvalue weighted by molar-refractivity contribution is -0.129. The fraction of sp³-hybridized carbons (Fsp3) is 0.444. The molecule has 0 bridgehead atoms. The number of rotatable bonds is 6. The SMILES string of the molecule is CC(NC(=O)NCCC(=O)N1CCCC1)c1ccc(-n2cncn2)cc1. The number of hydrogen-bond acceptors (Lipinski definition) is 4. The summed E-state index contributed by atoms with van der Waals surface area (Å²) in [6.45, 7) is 3.94. The molecule has 1 fully saturated rings. The molecule has 2 heterocycles. The highest BCUT2D eigenvalue weighted by Crippen LogP contribution is 2.15. The van der Waals surface area contributed by atoms with E-state index in [4.69, 9.17) is 0 Å². The van der Waals surface area contributed by atoms with Crippen LogP contribution in [-0.2, 0) is 4.79 Å². The normalized spacial score (nSPS) is 14.9. The summed E-state index contributed by atoms with van der Waals surface area (Å²) in [4.78, 5) is 29.7. The quantitative estimate of drug-likeness (QED) is 0.823. The lowest BCUT2D eigenvalue weighted by Gasteiger charge is -2.17. The Balaban J connectivity index is 1.42. The maximum atomic E-state index is 12.0. The zero-order chi connectivity index (χ0) is 18.4. The number of nitrogens with zero attached hydrogens (tertiary/aromatic N) is 4. The van der Waals surface area contributed by atoms with Crippen LogP contribution in [0.2, 0.25) is 0 Å². The van der Waals surface area contributed by atoms with Crippen molar-refractivity contribution in [2.24, 2.45) is 0 Å². The summed E-state index contributed by atoms with van der Waals surface area (Å²) in [6, 6.07) is 7.32. The third-order valence-electron chi connectivity index (χ3n) is 4.51. The van der Waals surface area contributed by atoms with Crippen molar-refractivity contribution in [2.75, 3.05) is 19.6 Å². The summed E-state index contributed by atoms with van der Waals surface area (Å²) in [5, 5.41) is 9.72. The number of aromatic nitrogens is 3. The summed E-state index contributed by atoms with van der Waals surface area (Å²) >= 11 is 0. The summed E-state index contributed by atoms with van der Waals surface area (Å²) in [6.07, 6.45) is 5.61. The van der Waals surface area contributed by atoms with E-state index >= 15 is 0 Å². The van der Waals surface area contributed by atoms with Gasteiger partial charge in [-0.15, -0.1) is 0 Å². The number of carbonyl (C=O) groups is 2. The molecule has 0 saturated carbocycles. The van der Waals surface area contributed by atoms with Crippen molar-refractivity contribution in [1.29, 1.82) is 0 Å². The third kappa shape index (κ3) is 4.59. The average molecular weight is 356 g/mol. The second kappa shape index (κ2) is 8.46. The van der Waals surface area contributed by atoms with E-state index in [0.717, 1.165) is 37.2 Å². The molecule has 0 aliphatic carbocycles. The van der Waals surface area contributed by atoms with Gasteiger partial charge in [-0.1, -0.05) is 12.1 Å². The molecule has 26 heavy (non-hydrogen) atoms. The Morgan fingerprint density at radius 3 is 2.58 bits per heavy atom. The number of urea groups is 1. The van der Waals surface area contributed by atoms with Gasteiger partial charge in [0.1, 0.15) is 12.7 Å². The van der Waals surface area contributed by atoms with Crippen LogP contribution in [0.3, 0.4) is 0 Å². The summed E-state index contributed by atoms with van der Waals surface area (Å²) in [7, 11) is 0. The molecule has 138 valence electrons. The Morgan fingerprint density at radius 2 is 1.92 bits per heavy atom. The predicted octanol–water partition coefficient (Wildman–Crippen LogP) is 1.64. The number of hydrogen-bond donors (Lipinski definition) is 2. The minimum atomic E-state index is -0.271. The van der Waals surface area contributed by atoms with Crippen molar-refractivity contribution in [3.8, 4) is 5.69 Å². The zero-order valence-corrected chi connectivity index (χ0v) is 14.9. The molecule has 8 nitrogen and oxygen atoms in total. The number of likely N-dealkylation sites (tertiary alicyclic amines) is 1. The highest BCUT2D eigenvalue weighted by Gasteiger charge is 2.17. The molecule has 1 aliphatic heterocycles. The van der Waals surface area contributed by atoms with Gasteiger partial charge in [-0.2, -0.15) is 5.10 Å². The van der Waals surface area contributed by atoms with Crippen LogP contribution in [-0.4, -0.2) is 51.2 Å². The summed E-state index contributed by atoms with van der Waals surface area (Å²) in [5.41, 5.74) is 1.89. The van der Waals surface area contributed by atoms with Crippen LogP contribution in [0.5, 0.6) is 0 Å². The van der Waals surface area contributed by atoms with Crippen LogP contribution >= 0.6 is 0 Å². The molecule has 8 heteroatoms. The fourth-order valence-corrected chi connectivity index (χ4v) is 3.00. The summed E-state index contributed by atoms with van der Waals surface area (Å²) in [5.74, 6) is 0.111. The number of nitrogens with one attached hydrogen (secondary N) is 2. The molecule has 1 atom stereocenters. The van der Waals surface area contributed by atoms with E-state index < -0.39 is 0 Å². The van der Waals surface area contributed by atoms with Gasteiger partial charge in [0.2, 0.25) is 5.91 Å². The molecule has 2 N–H and O–H groups in total. The van der Waals surface area contributed by atoms with Gasteiger partial charge in [0.25, 0.3) is 0 Å². The monoisotopic (exact) mass is 356 g/mol. The van der Waals surface area contributed by atoms with Gasteiger partial charge >= 0.3 is 6.03 Å². The van der Waals surface area contributed by atoms with Crippen LogP contribution < -0.4 is 10.6 Å². The van der Waals surface area contributed by atoms with Crippen LogP contribution in [0.4, 0.5) is 4.79 Å². The second-order valence-corrected chi connectivity index (χ2v) is 6.39. The molecular weight excluding hydrogens is 332 g/mol. The van der Waals surface area contributed by atoms with E-state index in [0.29, 0.717) is 13.0 Å². The van der Waals surface area contributed by atoms with E-state index in [9.17, 15) is 9.59 Å². The lowest BCUT2D eigenvalue weighted by Crippen LogP contribution is -2.39. The standard InChI is InChI=1S/C18H24N6O2/c1-14(15-4-6-16(7-5-15)24-13-19-12-21-24)22-18(26)20-9-8-17(25)23-10-2-3-11-23/h4-7,12-14H,2-3,8-11H2,1H3,(H2,20,22,26). The van der Waals surface area contributed by atoms with Crippen molar-refractivity contribution < 1.29 is 9.59 Å². The molecule has 1 saturated heterocycles. The highest BCUT2D eigenvalue weighted by atomic mass is 16.2. The van der Waals surface area contributed by atoms with Gasteiger partial charge in [-0.05, 0) is 37.5 Å². The first-order chi connectivity index (χ1) is 12.6. The van der Waals surface area contributed by atoms with Gasteiger partial charge in [0.15, 0.2) is 0 Å². The maximum Gasteiger partial charge on any atom is 0.315 e. The van der Waals surface area contributed by atoms with Gasteiger partial charge in [-0.3, -0.25) is 4.79 Å². The van der Waals surface area contributed by atoms with Crippen LogP contribution in [0.1, 0.15) is 37.8 Å². The van der Waals surface area contributed by atoms with Gasteiger partial charge in [-0.25, -0.2) is 14.5 Å². The smallest absolute Gasteiger partial charge is 0.315 e. The lowest BCUT2D eigenvalue weighted by atomic mass is 10.1. The van der Waals surface area contributed by atoms with Gasteiger partial charge < -0.3 is 15.5 Å². The van der Waals surface area contributed by atoms with E-state index in [1.165, 1.54) is 6.33 Å². The van der Waals surface area contributed by atoms with E-state index in [1.807, 2.05) is 36.1 Å². The Labute approximate surface area is 152 Å². The van der Waals surface area contributed by atoms with Crippen molar-refractivity contribution in [1.82, 2.24) is 30.3 Å². The minimum Gasteiger partial charge on any atom is -0.343 e. The second-order valence-electron chi connectivity index (χ2n) is 6.39. The van der Waals surface area contributed by atoms with Crippen molar-refractivity contribution in [3.63, 3.8) is 0 Å². The van der Waals surface area contributed by atoms with Crippen LogP contribution in [0, 0.1) is 0 Å². The minimum absolute atomic E-state index is 0.111. The van der Waals surface area contributed by atoms with Crippen LogP contribution in [0.25, 0.3) is 5.69 Å². The Kier molecular flexibility index (Phi) is 5.83. The summed E-state index contributed by atoms with van der Waals surface area (Å²) < 4.78 is 1.67. The Bertz CT molecular complexity index is 723. The fourth-order valence-electron chi connectivity index (χ4n) is 3.00. The van der Waals surface area contributed by atoms with Crippen molar-refractivity contribution >= 4 is 11.9 Å². The van der Waals surface area contributed by atoms with E-state index in [1.54, 1.807) is 11.0 Å². The molecule has 1 aromatic carbocycles. The first-order valence-corrected chi connectivity index (χ1v) is 8.90. The molecule has 1 unspecified atom stereocenters. The average Bonchev–Trinajstić information content (AvgIpc) is 3.35. The molecule has 1 aliphatic rings. The molecule has 0 spiro atoms. The topological polar surface area (TPSA) is 92.2 Å². The largest absolute Gasteiger partial charge is 0.343 e. The molecule has 0 radical (unpaired) electrons. The van der Waals surface area contributed by atoms with E-state index in [-0.39, 0.29) is 18.0 Å². The number of carbonyl (C=O) groups excluding carboxylic acids is 2. The molecule has 2 aromatic rings. The third-order valence-corrected chi connectivity index (χ3v) is 4.51. The Morgan fingerprint density at radius 1 is 1.19 bits per heavy atom. The van der Waals surface area contributed by atoms with Gasteiger partial charge in [0.05, 0.1) is 11.7 Å².